The summed E-state index contributed by atoms with van der Waals surface area (Å²) in [5, 5.41) is 4.45. The largest absolute Gasteiger partial charge is 0.748 e. The molecule has 218 valence electrons. The maximum atomic E-state index is 12.3. The van der Waals surface area contributed by atoms with E-state index in [4.69, 9.17) is 15.9 Å². The molecule has 0 radical (unpaired) electrons. The van der Waals surface area contributed by atoms with Crippen LogP contribution in [-0.2, 0) is 31.1 Å². The lowest BCUT2D eigenvalue weighted by Crippen LogP contribution is -2.37. The molecule has 0 saturated heterocycles. The fourth-order valence-corrected chi connectivity index (χ4v) is 8.54. The fraction of sp³-hybridized carbons (Fsp3) is 0.296. The molecule has 0 saturated carbocycles. The molecule has 1 aromatic heterocycles. The van der Waals surface area contributed by atoms with Gasteiger partial charge in [-0.05, 0) is 42.1 Å². The number of halogens is 1. The van der Waals surface area contributed by atoms with Crippen LogP contribution < -0.4 is 14.9 Å². The Morgan fingerprint density at radius 1 is 1.07 bits per heavy atom. The third-order valence-electron chi connectivity index (χ3n) is 6.44. The number of hydrogen-bond donors (Lipinski definition) is 1. The van der Waals surface area contributed by atoms with E-state index in [1.807, 2.05) is 41.3 Å². The van der Waals surface area contributed by atoms with Crippen molar-refractivity contribution in [1.29, 1.82) is 0 Å². The van der Waals surface area contributed by atoms with Crippen LogP contribution in [0, 0.1) is 0 Å². The molecule has 14 heteroatoms. The zero-order chi connectivity index (χ0) is 29.2. The summed E-state index contributed by atoms with van der Waals surface area (Å²) in [4.78, 5) is 2.95. The van der Waals surface area contributed by atoms with Gasteiger partial charge in [-0.2, -0.15) is 22.7 Å². The van der Waals surface area contributed by atoms with E-state index in [1.54, 1.807) is 24.3 Å². The summed E-state index contributed by atoms with van der Waals surface area (Å²) in [6.07, 6.45) is 2.53. The molecule has 0 spiro atoms. The Bertz CT molecular complexity index is 1840. The van der Waals surface area contributed by atoms with Gasteiger partial charge in [-0.1, -0.05) is 65.9 Å². The highest BCUT2D eigenvalue weighted by atomic mass is 35.5. The molecule has 1 N–H and O–H groups in total. The Kier molecular flexibility index (Phi) is 9.26. The Balaban J connectivity index is 1.55. The number of hydroxylamine groups is 1. The summed E-state index contributed by atoms with van der Waals surface area (Å²) in [7, 11) is -8.08. The average molecular weight is 654 g/mol. The number of aromatic nitrogens is 1. The Hall–Kier alpha value is -2.23. The first-order valence-electron chi connectivity index (χ1n) is 12.9. The van der Waals surface area contributed by atoms with Crippen LogP contribution in [0.25, 0.3) is 27.1 Å². The molecule has 3 aromatic carbocycles. The Labute approximate surface area is 252 Å². The molecule has 0 fully saturated rings. The summed E-state index contributed by atoms with van der Waals surface area (Å²) in [6, 6.07) is 17.8. The second kappa shape index (κ2) is 12.6. The second-order valence-corrected chi connectivity index (χ2v) is 15.2. The molecular weight excluding hydrogens is 626 g/mol. The van der Waals surface area contributed by atoms with Gasteiger partial charge in [0.05, 0.1) is 38.0 Å². The van der Waals surface area contributed by atoms with E-state index in [9.17, 15) is 21.4 Å². The van der Waals surface area contributed by atoms with Crippen molar-refractivity contribution in [2.24, 2.45) is 0 Å². The zero-order valence-corrected chi connectivity index (χ0v) is 26.1. The third kappa shape index (κ3) is 7.23. The molecule has 0 aliphatic carbocycles. The number of anilines is 1. The van der Waals surface area contributed by atoms with Gasteiger partial charge in [-0.15, -0.1) is 0 Å². The van der Waals surface area contributed by atoms with E-state index >= 15 is 0 Å². The normalized spacial score (nSPS) is 14.9. The highest BCUT2D eigenvalue weighted by molar-refractivity contribution is 8.04. The quantitative estimate of drug-likeness (QED) is 0.126. The Morgan fingerprint density at radius 3 is 2.66 bits per heavy atom. The number of nitrogens with one attached hydrogen (secondary N) is 1. The molecule has 0 unspecified atom stereocenters. The molecule has 9 nitrogen and oxygen atoms in total. The van der Waals surface area contributed by atoms with Gasteiger partial charge in [-0.25, -0.2) is 8.42 Å². The standard InChI is InChI=1S/C27H28ClN3O6S4/c1-2-29-37-41(35,36)16-6-14-31-26(39-24-11-9-19-7-3-4-8-21(19)27(24)31)18-25-30(13-5-15-40(32,33)34)22-17-20(28)10-12-23(22)38-25/h3-4,7-12,17-18,29H,2,5-6,13-16H2,1H3. The van der Waals surface area contributed by atoms with Gasteiger partial charge in [0, 0.05) is 35.2 Å². The minimum Gasteiger partial charge on any atom is -0.748 e. The molecule has 41 heavy (non-hydrogen) atoms. The predicted octanol–water partition coefficient (Wildman–Crippen LogP) is 5.10. The molecule has 2 heterocycles. The van der Waals surface area contributed by atoms with Gasteiger partial charge < -0.3 is 9.45 Å². The first-order valence-corrected chi connectivity index (χ1v) is 18.1. The number of aryl methyl sites for hydroxylation is 1. The van der Waals surface area contributed by atoms with Crippen molar-refractivity contribution in [3.63, 3.8) is 0 Å². The van der Waals surface area contributed by atoms with E-state index in [0.29, 0.717) is 31.1 Å². The van der Waals surface area contributed by atoms with Gasteiger partial charge >= 0.3 is 0 Å². The topological polar surface area (TPSA) is 120 Å². The van der Waals surface area contributed by atoms with Crippen LogP contribution >= 0.6 is 34.7 Å². The SMILES string of the molecule is CCNOS(=O)(=O)CCC[n+]1c(C=C2Sc3ccc(Cl)cc3N2CCCS(=O)(=O)[O-])sc2ccc3ccccc3c21. The number of fused-ring (bicyclic) bond motifs is 4. The van der Waals surface area contributed by atoms with E-state index < -0.39 is 26.0 Å². The predicted molar refractivity (Wildman–Crippen MR) is 165 cm³/mol. The van der Waals surface area contributed by atoms with Crippen molar-refractivity contribution in [2.75, 3.05) is 29.5 Å². The number of thiazole rings is 1. The maximum absolute atomic E-state index is 12.3. The van der Waals surface area contributed by atoms with E-state index in [1.165, 1.54) is 11.8 Å². The van der Waals surface area contributed by atoms with Crippen LogP contribution in [0.15, 0.2) is 64.5 Å². The van der Waals surface area contributed by atoms with Crippen molar-refractivity contribution in [1.82, 2.24) is 5.48 Å². The molecule has 0 amide bonds. The van der Waals surface area contributed by atoms with E-state index in [2.05, 4.69) is 28.2 Å². The first-order chi connectivity index (χ1) is 19.5. The first kappa shape index (κ1) is 30.2. The fourth-order valence-electron chi connectivity index (χ4n) is 4.71. The van der Waals surface area contributed by atoms with Crippen molar-refractivity contribution < 1.29 is 30.2 Å². The summed E-state index contributed by atoms with van der Waals surface area (Å²) < 4.78 is 66.5. The number of nitrogens with zero attached hydrogens (tertiary/aromatic N) is 2. The van der Waals surface area contributed by atoms with Crippen molar-refractivity contribution in [3.05, 3.63) is 69.7 Å². The van der Waals surface area contributed by atoms with Gasteiger partial charge in [0.15, 0.2) is 6.54 Å². The lowest BCUT2D eigenvalue weighted by Gasteiger charge is -2.20. The monoisotopic (exact) mass is 653 g/mol. The smallest absolute Gasteiger partial charge is 0.283 e. The molecular formula is C27H28ClN3O6S4. The average Bonchev–Trinajstić information content (AvgIpc) is 3.44. The molecule has 1 aliphatic heterocycles. The summed E-state index contributed by atoms with van der Waals surface area (Å²) in [6.45, 7) is 2.88. The minimum atomic E-state index is -4.35. The van der Waals surface area contributed by atoms with Crippen LogP contribution in [0.3, 0.4) is 0 Å². The van der Waals surface area contributed by atoms with Crippen LogP contribution in [0.5, 0.6) is 0 Å². The lowest BCUT2D eigenvalue weighted by atomic mass is 10.1. The zero-order valence-electron chi connectivity index (χ0n) is 22.1. The molecule has 0 bridgehead atoms. The summed E-state index contributed by atoms with van der Waals surface area (Å²) in [5.74, 6) is -0.616. The Morgan fingerprint density at radius 2 is 1.88 bits per heavy atom. The summed E-state index contributed by atoms with van der Waals surface area (Å²) in [5.41, 5.74) is 4.27. The van der Waals surface area contributed by atoms with Crippen LogP contribution in [0.1, 0.15) is 24.8 Å². The molecule has 1 aliphatic rings. The number of benzene rings is 3. The highest BCUT2D eigenvalue weighted by Crippen LogP contribution is 2.48. The third-order valence-corrected chi connectivity index (χ3v) is 10.8. The molecule has 4 aromatic rings. The van der Waals surface area contributed by atoms with Crippen molar-refractivity contribution >= 4 is 87.7 Å². The lowest BCUT2D eigenvalue weighted by molar-refractivity contribution is -0.667. The molecule has 0 atom stereocenters. The van der Waals surface area contributed by atoms with E-state index in [0.717, 1.165) is 41.6 Å². The van der Waals surface area contributed by atoms with E-state index in [-0.39, 0.29) is 12.2 Å². The van der Waals surface area contributed by atoms with Gasteiger partial charge in [0.2, 0.25) is 5.52 Å². The van der Waals surface area contributed by atoms with Crippen LogP contribution in [-0.4, -0.2) is 46.0 Å². The van der Waals surface area contributed by atoms with Crippen molar-refractivity contribution in [2.45, 2.75) is 31.2 Å². The minimum absolute atomic E-state index is 0.153. The van der Waals surface area contributed by atoms with Crippen LogP contribution in [0.2, 0.25) is 5.02 Å². The number of rotatable bonds is 12. The number of thioether (sulfide) groups is 1. The van der Waals surface area contributed by atoms with Gasteiger partial charge in [0.1, 0.15) is 4.70 Å². The second-order valence-electron chi connectivity index (χ2n) is 9.39. The van der Waals surface area contributed by atoms with Crippen LogP contribution in [0.4, 0.5) is 5.69 Å². The van der Waals surface area contributed by atoms with Crippen molar-refractivity contribution in [3.8, 4) is 0 Å². The maximum Gasteiger partial charge on any atom is 0.283 e. The van der Waals surface area contributed by atoms with Gasteiger partial charge in [-0.3, -0.25) is 0 Å². The molecule has 5 rings (SSSR count). The summed E-state index contributed by atoms with van der Waals surface area (Å²) >= 11 is 9.42. The van der Waals surface area contributed by atoms with Gasteiger partial charge in [0.25, 0.3) is 15.1 Å². The highest BCUT2D eigenvalue weighted by Gasteiger charge is 2.29. The number of hydrogen-bond acceptors (Lipinski definition) is 10.